The fourth-order valence-electron chi connectivity index (χ4n) is 2.35. The van der Waals surface area contributed by atoms with Gasteiger partial charge in [0.25, 0.3) is 0 Å². The van der Waals surface area contributed by atoms with Crippen LogP contribution in [0.4, 0.5) is 5.69 Å². The van der Waals surface area contributed by atoms with Gasteiger partial charge < -0.3 is 14.4 Å². The van der Waals surface area contributed by atoms with Crippen molar-refractivity contribution in [1.29, 1.82) is 0 Å². The minimum absolute atomic E-state index is 0.00602. The van der Waals surface area contributed by atoms with Gasteiger partial charge in [-0.15, -0.1) is 0 Å². The zero-order valence-corrected chi connectivity index (χ0v) is 11.8. The molecule has 0 saturated carbocycles. The first-order valence-electron chi connectivity index (χ1n) is 6.80. The van der Waals surface area contributed by atoms with Gasteiger partial charge in [0.15, 0.2) is 0 Å². The van der Waals surface area contributed by atoms with Crippen LogP contribution < -0.4 is 14.4 Å². The highest BCUT2D eigenvalue weighted by Gasteiger charge is 2.23. The maximum Gasteiger partial charge on any atom is 0.233 e. The Hall–Kier alpha value is -2.56. The SMILES string of the molecule is COc1cccc(CC(=O)N2CCOc3ccccc32)n1. The summed E-state index contributed by atoms with van der Waals surface area (Å²) >= 11 is 0. The number of benzene rings is 1. The summed E-state index contributed by atoms with van der Waals surface area (Å²) in [6.07, 6.45) is 0.242. The summed E-state index contributed by atoms with van der Waals surface area (Å²) in [6.45, 7) is 1.06. The van der Waals surface area contributed by atoms with E-state index in [9.17, 15) is 4.79 Å². The third-order valence-electron chi connectivity index (χ3n) is 3.35. The third kappa shape index (κ3) is 2.81. The number of pyridine rings is 1. The van der Waals surface area contributed by atoms with Gasteiger partial charge in [0.1, 0.15) is 12.4 Å². The number of para-hydroxylation sites is 2. The average molecular weight is 284 g/mol. The van der Waals surface area contributed by atoms with Crippen LogP contribution in [0.2, 0.25) is 0 Å². The summed E-state index contributed by atoms with van der Waals surface area (Å²) in [5.41, 5.74) is 1.51. The van der Waals surface area contributed by atoms with Crippen molar-refractivity contribution in [1.82, 2.24) is 4.98 Å². The van der Waals surface area contributed by atoms with Gasteiger partial charge >= 0.3 is 0 Å². The molecule has 0 N–H and O–H groups in total. The second-order valence-corrected chi connectivity index (χ2v) is 4.71. The van der Waals surface area contributed by atoms with Gasteiger partial charge in [-0.25, -0.2) is 4.98 Å². The van der Waals surface area contributed by atoms with Crippen LogP contribution in [-0.2, 0) is 11.2 Å². The lowest BCUT2D eigenvalue weighted by Gasteiger charge is -2.29. The number of hydrogen-bond donors (Lipinski definition) is 0. The van der Waals surface area contributed by atoms with Crippen LogP contribution in [0.3, 0.4) is 0 Å². The van der Waals surface area contributed by atoms with Gasteiger partial charge in [-0.2, -0.15) is 0 Å². The molecule has 0 aliphatic carbocycles. The summed E-state index contributed by atoms with van der Waals surface area (Å²) in [5.74, 6) is 1.27. The molecule has 3 rings (SSSR count). The summed E-state index contributed by atoms with van der Waals surface area (Å²) in [6, 6.07) is 13.0. The second-order valence-electron chi connectivity index (χ2n) is 4.71. The average Bonchev–Trinajstić information content (AvgIpc) is 2.54. The number of anilines is 1. The highest BCUT2D eigenvalue weighted by atomic mass is 16.5. The number of methoxy groups -OCH3 is 1. The highest BCUT2D eigenvalue weighted by molar-refractivity contribution is 5.96. The van der Waals surface area contributed by atoms with Gasteiger partial charge in [0, 0.05) is 6.07 Å². The maximum absolute atomic E-state index is 12.5. The van der Waals surface area contributed by atoms with E-state index in [2.05, 4.69) is 4.98 Å². The number of rotatable bonds is 3. The predicted octanol–water partition coefficient (Wildman–Crippen LogP) is 2.06. The lowest BCUT2D eigenvalue weighted by molar-refractivity contribution is -0.118. The van der Waals surface area contributed by atoms with Gasteiger partial charge in [0.2, 0.25) is 11.8 Å². The number of nitrogens with zero attached hydrogens (tertiary/aromatic N) is 2. The number of carbonyl (C=O) groups excluding carboxylic acids is 1. The quantitative estimate of drug-likeness (QED) is 0.865. The lowest BCUT2D eigenvalue weighted by Crippen LogP contribution is -2.38. The van der Waals surface area contributed by atoms with Gasteiger partial charge in [-0.1, -0.05) is 18.2 Å². The van der Waals surface area contributed by atoms with Crippen molar-refractivity contribution in [2.45, 2.75) is 6.42 Å². The van der Waals surface area contributed by atoms with E-state index < -0.39 is 0 Å². The molecule has 108 valence electrons. The summed E-state index contributed by atoms with van der Waals surface area (Å²) in [5, 5.41) is 0. The minimum atomic E-state index is 0.00602. The fraction of sp³-hybridized carbons (Fsp3) is 0.250. The van der Waals surface area contributed by atoms with Crippen LogP contribution in [0.15, 0.2) is 42.5 Å². The maximum atomic E-state index is 12.5. The Morgan fingerprint density at radius 2 is 2.14 bits per heavy atom. The van der Waals surface area contributed by atoms with E-state index in [0.717, 1.165) is 11.4 Å². The molecule has 0 saturated heterocycles. The zero-order chi connectivity index (χ0) is 14.7. The van der Waals surface area contributed by atoms with E-state index in [1.165, 1.54) is 0 Å². The smallest absolute Gasteiger partial charge is 0.233 e. The van der Waals surface area contributed by atoms with E-state index in [-0.39, 0.29) is 12.3 Å². The van der Waals surface area contributed by atoms with Crippen LogP contribution in [0.25, 0.3) is 0 Å². The van der Waals surface area contributed by atoms with E-state index >= 15 is 0 Å². The summed E-state index contributed by atoms with van der Waals surface area (Å²) < 4.78 is 10.6. The molecular weight excluding hydrogens is 268 g/mol. The molecule has 2 aromatic rings. The molecule has 0 radical (unpaired) electrons. The van der Waals surface area contributed by atoms with E-state index in [0.29, 0.717) is 24.7 Å². The molecule has 0 spiro atoms. The van der Waals surface area contributed by atoms with Crippen molar-refractivity contribution in [2.75, 3.05) is 25.2 Å². The molecule has 1 aromatic heterocycles. The number of fused-ring (bicyclic) bond motifs is 1. The molecule has 21 heavy (non-hydrogen) atoms. The largest absolute Gasteiger partial charge is 0.490 e. The molecule has 1 aliphatic rings. The Morgan fingerprint density at radius 3 is 3.00 bits per heavy atom. The molecule has 1 amide bonds. The highest BCUT2D eigenvalue weighted by Crippen LogP contribution is 2.31. The number of carbonyl (C=O) groups is 1. The second kappa shape index (κ2) is 5.83. The number of amides is 1. The van der Waals surface area contributed by atoms with Gasteiger partial charge in [-0.3, -0.25) is 4.79 Å². The van der Waals surface area contributed by atoms with Gasteiger partial charge in [0.05, 0.1) is 31.5 Å². The third-order valence-corrected chi connectivity index (χ3v) is 3.35. The predicted molar refractivity (Wildman–Crippen MR) is 78.8 cm³/mol. The molecule has 0 fully saturated rings. The molecular formula is C16H16N2O3. The van der Waals surface area contributed by atoms with Crippen molar-refractivity contribution < 1.29 is 14.3 Å². The molecule has 0 atom stereocenters. The standard InChI is InChI=1S/C16H16N2O3/c1-20-15-8-4-5-12(17-15)11-16(19)18-9-10-21-14-7-3-2-6-13(14)18/h2-8H,9-11H2,1H3. The molecule has 0 unspecified atom stereocenters. The molecule has 1 aromatic carbocycles. The lowest BCUT2D eigenvalue weighted by atomic mass is 10.2. The van der Waals surface area contributed by atoms with E-state index in [4.69, 9.17) is 9.47 Å². The van der Waals surface area contributed by atoms with Crippen LogP contribution in [-0.4, -0.2) is 31.2 Å². The monoisotopic (exact) mass is 284 g/mol. The Morgan fingerprint density at radius 1 is 1.29 bits per heavy atom. The molecule has 0 bridgehead atoms. The van der Waals surface area contributed by atoms with Crippen LogP contribution in [0.5, 0.6) is 11.6 Å². The van der Waals surface area contributed by atoms with Crippen molar-refractivity contribution in [3.05, 3.63) is 48.2 Å². The van der Waals surface area contributed by atoms with E-state index in [1.807, 2.05) is 36.4 Å². The van der Waals surface area contributed by atoms with Crippen LogP contribution >= 0.6 is 0 Å². The Labute approximate surface area is 123 Å². The summed E-state index contributed by atoms with van der Waals surface area (Å²) in [4.78, 5) is 18.6. The molecule has 5 heteroatoms. The van der Waals surface area contributed by atoms with Crippen LogP contribution in [0, 0.1) is 0 Å². The molecule has 5 nitrogen and oxygen atoms in total. The van der Waals surface area contributed by atoms with Gasteiger partial charge in [-0.05, 0) is 18.2 Å². The fourth-order valence-corrected chi connectivity index (χ4v) is 2.35. The normalized spacial score (nSPS) is 13.3. The first kappa shape index (κ1) is 13.4. The summed E-state index contributed by atoms with van der Waals surface area (Å²) in [7, 11) is 1.56. The minimum Gasteiger partial charge on any atom is -0.490 e. The molecule has 2 heterocycles. The van der Waals surface area contributed by atoms with Crippen molar-refractivity contribution in [3.8, 4) is 11.6 Å². The Kier molecular flexibility index (Phi) is 3.73. The Balaban J connectivity index is 1.80. The zero-order valence-electron chi connectivity index (χ0n) is 11.8. The molecule has 1 aliphatic heterocycles. The number of hydrogen-bond acceptors (Lipinski definition) is 4. The van der Waals surface area contributed by atoms with Crippen molar-refractivity contribution in [2.24, 2.45) is 0 Å². The Bertz CT molecular complexity index is 657. The van der Waals surface area contributed by atoms with Crippen molar-refractivity contribution >= 4 is 11.6 Å². The topological polar surface area (TPSA) is 51.7 Å². The van der Waals surface area contributed by atoms with Crippen molar-refractivity contribution in [3.63, 3.8) is 0 Å². The first-order valence-corrected chi connectivity index (χ1v) is 6.80. The first-order chi connectivity index (χ1) is 10.3. The number of aromatic nitrogens is 1. The van der Waals surface area contributed by atoms with Crippen LogP contribution in [0.1, 0.15) is 5.69 Å². The van der Waals surface area contributed by atoms with E-state index in [1.54, 1.807) is 18.1 Å². The number of ether oxygens (including phenoxy) is 2.